The summed E-state index contributed by atoms with van der Waals surface area (Å²) in [5.41, 5.74) is 13.1. The molecule has 0 radical (unpaired) electrons. The molecule has 0 aliphatic carbocycles. The van der Waals surface area contributed by atoms with Crippen LogP contribution in [0.5, 0.6) is 0 Å². The van der Waals surface area contributed by atoms with Gasteiger partial charge in [0.1, 0.15) is 48.8 Å². The van der Waals surface area contributed by atoms with E-state index in [1.165, 1.54) is 6.92 Å². The van der Waals surface area contributed by atoms with Gasteiger partial charge in [0.25, 0.3) is 0 Å². The van der Waals surface area contributed by atoms with Crippen molar-refractivity contribution in [3.63, 3.8) is 0 Å². The molecule has 72 heavy (non-hydrogen) atoms. The Bertz CT molecular complexity index is 2360. The van der Waals surface area contributed by atoms with E-state index in [1.807, 2.05) is 152 Å². The first-order valence-corrected chi connectivity index (χ1v) is 24.4. The molecule has 0 unspecified atom stereocenters. The lowest BCUT2D eigenvalue weighted by Gasteiger charge is -2.51. The quantitative estimate of drug-likeness (QED) is 0.0233. The van der Waals surface area contributed by atoms with Gasteiger partial charge in [-0.1, -0.05) is 157 Å². The zero-order valence-corrected chi connectivity index (χ0v) is 40.4. The minimum absolute atomic E-state index is 0.0502. The van der Waals surface area contributed by atoms with Gasteiger partial charge in [0.2, 0.25) is 5.91 Å². The molecule has 11 atom stereocenters. The molecule has 0 spiro atoms. The summed E-state index contributed by atoms with van der Waals surface area (Å²) in [5, 5.41) is 6.61. The van der Waals surface area contributed by atoms with Crippen LogP contribution in [0.2, 0.25) is 0 Å². The highest BCUT2D eigenvalue weighted by Gasteiger charge is 2.56. The fraction of sp³-hybridized carbons (Fsp3) is 0.436. The number of amides is 1. The van der Waals surface area contributed by atoms with Crippen LogP contribution in [0.4, 0.5) is 0 Å². The van der Waals surface area contributed by atoms with Gasteiger partial charge in [-0.2, -0.15) is 0 Å². The molecule has 3 aliphatic heterocycles. The van der Waals surface area contributed by atoms with Crippen LogP contribution in [0.3, 0.4) is 0 Å². The molecule has 5 aromatic rings. The summed E-state index contributed by atoms with van der Waals surface area (Å²) >= 11 is 0. The van der Waals surface area contributed by atoms with E-state index < -0.39 is 67.6 Å². The Morgan fingerprint density at radius 3 is 1.72 bits per heavy atom. The standard InChI is InChI=1S/C55H64N4O13/c1-39(60)58-47-50(65-34-41-19-9-3-10-20-41)48(45(37-63-33-40-17-7-2-8-18-40)69-54(47)67-36-43-23-13-5-14-24-43)72-55-52(66-35-42-21-11-4-12-22-42)51(64-32-31-62-30-29-61-28-27-57-59-56)49-46(70-55)38-68-53(71-49)44-25-15-6-16-26-44/h2-26,45-55H,27-38H2,1H3,(H,58,60)/t45-,46-,47-,48-,49-,50-,51+,52+,53-,54-,55+/m1/s1. The highest BCUT2D eigenvalue weighted by Crippen LogP contribution is 2.39. The molecular formula is C55H64N4O13. The molecule has 382 valence electrons. The Labute approximate surface area is 420 Å². The van der Waals surface area contributed by atoms with Crippen LogP contribution >= 0.6 is 0 Å². The molecule has 17 nitrogen and oxygen atoms in total. The fourth-order valence-electron chi connectivity index (χ4n) is 8.76. The van der Waals surface area contributed by atoms with Crippen LogP contribution in [-0.4, -0.2) is 120 Å². The summed E-state index contributed by atoms with van der Waals surface area (Å²) in [7, 11) is 0. The third-order valence-corrected chi connectivity index (χ3v) is 12.2. The number of ether oxygens (including phenoxy) is 12. The number of azide groups is 1. The van der Waals surface area contributed by atoms with Crippen molar-refractivity contribution in [1.82, 2.24) is 5.32 Å². The summed E-state index contributed by atoms with van der Waals surface area (Å²) < 4.78 is 79.4. The number of nitrogens with one attached hydrogen (secondary N) is 1. The number of hydrogen-bond donors (Lipinski definition) is 1. The van der Waals surface area contributed by atoms with Crippen LogP contribution in [0, 0.1) is 0 Å². The van der Waals surface area contributed by atoms with E-state index in [0.717, 1.165) is 27.8 Å². The molecule has 17 heteroatoms. The Morgan fingerprint density at radius 1 is 0.583 bits per heavy atom. The second-order valence-corrected chi connectivity index (χ2v) is 17.4. The van der Waals surface area contributed by atoms with Gasteiger partial charge < -0.3 is 62.2 Å². The van der Waals surface area contributed by atoms with Crippen molar-refractivity contribution >= 4 is 5.91 Å². The molecule has 3 aliphatic rings. The fourth-order valence-corrected chi connectivity index (χ4v) is 8.76. The second kappa shape index (κ2) is 28.6. The van der Waals surface area contributed by atoms with Crippen LogP contribution < -0.4 is 5.32 Å². The molecule has 0 bridgehead atoms. The normalized spacial score (nSPS) is 26.0. The Balaban J connectivity index is 1.12. The SMILES string of the molecule is CC(=O)N[C@H]1[C@H](OCc2ccccc2)O[C@H](COCc2ccccc2)[C@@H](O[C@@H]2O[C@@H]3CO[C@@H](c4ccccc4)O[C@H]3[C@H](OCCOCCOCCN=[N+]=[N-])[C@@H]2OCc2ccccc2)[C@@H]1OCc1ccccc1. The first-order valence-electron chi connectivity index (χ1n) is 24.4. The lowest BCUT2D eigenvalue weighted by Crippen LogP contribution is -2.69. The van der Waals surface area contributed by atoms with E-state index >= 15 is 0 Å². The van der Waals surface area contributed by atoms with Crippen molar-refractivity contribution in [2.45, 2.75) is 101 Å². The van der Waals surface area contributed by atoms with Crippen molar-refractivity contribution in [2.75, 3.05) is 52.8 Å². The van der Waals surface area contributed by atoms with Gasteiger partial charge >= 0.3 is 0 Å². The molecule has 0 saturated carbocycles. The van der Waals surface area contributed by atoms with Crippen LogP contribution in [0.1, 0.15) is 41.0 Å². The summed E-state index contributed by atoms with van der Waals surface area (Å²) in [4.78, 5) is 16.0. The smallest absolute Gasteiger partial charge is 0.217 e. The van der Waals surface area contributed by atoms with E-state index in [9.17, 15) is 4.79 Å². The number of fused-ring (bicyclic) bond motifs is 1. The van der Waals surface area contributed by atoms with Crippen molar-refractivity contribution in [2.24, 2.45) is 5.11 Å². The highest BCUT2D eigenvalue weighted by atomic mass is 16.8. The number of hydrogen-bond acceptors (Lipinski definition) is 14. The predicted molar refractivity (Wildman–Crippen MR) is 263 cm³/mol. The highest BCUT2D eigenvalue weighted by molar-refractivity contribution is 5.73. The monoisotopic (exact) mass is 988 g/mol. The van der Waals surface area contributed by atoms with E-state index in [2.05, 4.69) is 15.3 Å². The lowest BCUT2D eigenvalue weighted by molar-refractivity contribution is -0.391. The maximum absolute atomic E-state index is 13.2. The van der Waals surface area contributed by atoms with E-state index in [-0.39, 0.29) is 71.9 Å². The predicted octanol–water partition coefficient (Wildman–Crippen LogP) is 7.77. The zero-order chi connectivity index (χ0) is 49.6. The van der Waals surface area contributed by atoms with Gasteiger partial charge in [0.05, 0.1) is 72.7 Å². The van der Waals surface area contributed by atoms with Crippen LogP contribution in [0.15, 0.2) is 157 Å². The van der Waals surface area contributed by atoms with E-state index in [4.69, 9.17) is 62.4 Å². The van der Waals surface area contributed by atoms with Crippen LogP contribution in [-0.2, 0) is 88.1 Å². The zero-order valence-electron chi connectivity index (χ0n) is 40.4. The topological polar surface area (TPSA) is 189 Å². The van der Waals surface area contributed by atoms with Crippen molar-refractivity contribution in [3.05, 3.63) is 190 Å². The number of nitrogens with zero attached hydrogens (tertiary/aromatic N) is 3. The Hall–Kier alpha value is -5.60. The van der Waals surface area contributed by atoms with Gasteiger partial charge in [-0.3, -0.25) is 4.79 Å². The number of benzene rings is 5. The average Bonchev–Trinajstić information content (AvgIpc) is 3.42. The molecule has 0 aromatic heterocycles. The second-order valence-electron chi connectivity index (χ2n) is 17.4. The van der Waals surface area contributed by atoms with E-state index in [1.54, 1.807) is 0 Å². The Kier molecular flexibility index (Phi) is 20.9. The van der Waals surface area contributed by atoms with Crippen molar-refractivity contribution in [1.29, 1.82) is 0 Å². The third kappa shape index (κ3) is 15.7. The maximum Gasteiger partial charge on any atom is 0.217 e. The molecule has 3 fully saturated rings. The Morgan fingerprint density at radius 2 is 1.12 bits per heavy atom. The molecule has 3 saturated heterocycles. The summed E-state index contributed by atoms with van der Waals surface area (Å²) in [6.07, 6.45) is -8.62. The van der Waals surface area contributed by atoms with Gasteiger partial charge in [0, 0.05) is 23.9 Å². The molecule has 1 N–H and O–H groups in total. The molecule has 1 amide bonds. The van der Waals surface area contributed by atoms with Gasteiger partial charge in [-0.05, 0) is 27.8 Å². The van der Waals surface area contributed by atoms with Gasteiger partial charge in [-0.15, -0.1) is 0 Å². The van der Waals surface area contributed by atoms with Crippen molar-refractivity contribution < 1.29 is 61.6 Å². The van der Waals surface area contributed by atoms with E-state index in [0.29, 0.717) is 13.2 Å². The first-order chi connectivity index (χ1) is 35.5. The summed E-state index contributed by atoms with van der Waals surface area (Å²) in [6, 6.07) is 48.0. The molecular weight excluding hydrogens is 925 g/mol. The van der Waals surface area contributed by atoms with Gasteiger partial charge in [0.15, 0.2) is 18.9 Å². The molecule has 3 heterocycles. The number of rotatable bonds is 27. The third-order valence-electron chi connectivity index (χ3n) is 12.2. The summed E-state index contributed by atoms with van der Waals surface area (Å²) in [5.74, 6) is -0.316. The largest absolute Gasteiger partial charge is 0.379 e. The minimum atomic E-state index is -1.14. The first kappa shape index (κ1) is 52.7. The van der Waals surface area contributed by atoms with Gasteiger partial charge in [-0.25, -0.2) is 0 Å². The number of carbonyl (C=O) groups excluding carboxylic acids is 1. The average molecular weight is 989 g/mol. The molecule has 8 rings (SSSR count). The lowest BCUT2D eigenvalue weighted by atomic mass is 9.94. The van der Waals surface area contributed by atoms with Crippen molar-refractivity contribution in [3.8, 4) is 0 Å². The summed E-state index contributed by atoms with van der Waals surface area (Å²) in [6.45, 7) is 3.97. The number of carbonyl (C=O) groups is 1. The molecule has 5 aromatic carbocycles. The van der Waals surface area contributed by atoms with Crippen LogP contribution in [0.25, 0.3) is 10.4 Å². The minimum Gasteiger partial charge on any atom is -0.379 e. The maximum atomic E-state index is 13.2.